The molecule has 166 valence electrons. The number of hydrogen-bond donors (Lipinski definition) is 0. The molecule has 0 saturated heterocycles. The van der Waals surface area contributed by atoms with Gasteiger partial charge in [-0.2, -0.15) is 0 Å². The van der Waals surface area contributed by atoms with Crippen molar-refractivity contribution in [1.29, 1.82) is 0 Å². The minimum absolute atomic E-state index is 0.0125. The van der Waals surface area contributed by atoms with E-state index in [9.17, 15) is 0 Å². The minimum atomic E-state index is -0.0125. The van der Waals surface area contributed by atoms with Gasteiger partial charge in [-0.05, 0) is 90.9 Å². The molecule has 0 radical (unpaired) electrons. The fourth-order valence-electron chi connectivity index (χ4n) is 3.18. The van der Waals surface area contributed by atoms with E-state index in [1.54, 1.807) is 0 Å². The van der Waals surface area contributed by atoms with E-state index in [0.717, 1.165) is 32.5 Å². The van der Waals surface area contributed by atoms with Crippen molar-refractivity contribution in [2.75, 3.05) is 13.2 Å². The smallest absolute Gasteiger partial charge is 0.157 e. The Morgan fingerprint density at radius 3 is 1.54 bits per heavy atom. The molecule has 0 amide bonds. The second kappa shape index (κ2) is 18.4. The molecule has 0 aliphatic heterocycles. The van der Waals surface area contributed by atoms with Crippen molar-refractivity contribution in [1.82, 2.24) is 0 Å². The lowest BCUT2D eigenvalue weighted by molar-refractivity contribution is -0.150. The van der Waals surface area contributed by atoms with Crippen molar-refractivity contribution < 1.29 is 9.47 Å². The largest absolute Gasteiger partial charge is 0.353 e. The standard InChI is InChI=1S/C26H50O2/c1-8-9-10-17-26(27-20-18-24(6)15-11-13-22(2)3)28-21-19-25(7)16-12-14-23(4)5/h13-14,24-26H,8-12,15-21H2,1-7H3. The summed E-state index contributed by atoms with van der Waals surface area (Å²) in [4.78, 5) is 0. The summed E-state index contributed by atoms with van der Waals surface area (Å²) in [6.45, 7) is 17.3. The van der Waals surface area contributed by atoms with Crippen LogP contribution in [0.15, 0.2) is 23.3 Å². The van der Waals surface area contributed by atoms with E-state index in [4.69, 9.17) is 9.47 Å². The van der Waals surface area contributed by atoms with Crippen molar-refractivity contribution in [3.05, 3.63) is 23.3 Å². The summed E-state index contributed by atoms with van der Waals surface area (Å²) in [5, 5.41) is 0. The summed E-state index contributed by atoms with van der Waals surface area (Å²) in [6, 6.07) is 0. The number of unbranched alkanes of at least 4 members (excludes halogenated alkanes) is 2. The molecule has 0 aromatic heterocycles. The van der Waals surface area contributed by atoms with Crippen LogP contribution in [-0.2, 0) is 9.47 Å². The number of allylic oxidation sites excluding steroid dienone is 4. The molecule has 0 aliphatic rings. The quantitative estimate of drug-likeness (QED) is 0.132. The third-order valence-corrected chi connectivity index (χ3v) is 5.30. The fourth-order valence-corrected chi connectivity index (χ4v) is 3.18. The van der Waals surface area contributed by atoms with E-state index in [2.05, 4.69) is 60.6 Å². The molecule has 0 saturated carbocycles. The summed E-state index contributed by atoms with van der Waals surface area (Å²) in [7, 11) is 0. The second-order valence-electron chi connectivity index (χ2n) is 9.17. The maximum atomic E-state index is 6.13. The average molecular weight is 395 g/mol. The minimum Gasteiger partial charge on any atom is -0.353 e. The van der Waals surface area contributed by atoms with Crippen LogP contribution in [0.3, 0.4) is 0 Å². The molecule has 0 aliphatic carbocycles. The maximum absolute atomic E-state index is 6.13. The SMILES string of the molecule is CCCCCC(OCCC(C)CCC=C(C)C)OCCC(C)CCC=C(C)C. The lowest BCUT2D eigenvalue weighted by Crippen LogP contribution is -2.20. The van der Waals surface area contributed by atoms with E-state index in [1.165, 1.54) is 56.1 Å². The lowest BCUT2D eigenvalue weighted by atomic mass is 10.0. The Bertz CT molecular complexity index is 369. The van der Waals surface area contributed by atoms with Gasteiger partial charge in [-0.1, -0.05) is 56.9 Å². The Balaban J connectivity index is 4.10. The van der Waals surface area contributed by atoms with Crippen molar-refractivity contribution in [3.8, 4) is 0 Å². The summed E-state index contributed by atoms with van der Waals surface area (Å²) >= 11 is 0. The van der Waals surface area contributed by atoms with Crippen LogP contribution in [0.4, 0.5) is 0 Å². The number of rotatable bonds is 18. The van der Waals surface area contributed by atoms with Crippen LogP contribution in [-0.4, -0.2) is 19.5 Å². The molecule has 0 fully saturated rings. The van der Waals surface area contributed by atoms with Gasteiger partial charge in [0, 0.05) is 13.2 Å². The van der Waals surface area contributed by atoms with Gasteiger partial charge in [0.25, 0.3) is 0 Å². The molecule has 0 aromatic carbocycles. The van der Waals surface area contributed by atoms with Crippen LogP contribution in [0.1, 0.15) is 113 Å². The zero-order valence-corrected chi connectivity index (χ0v) is 20.2. The summed E-state index contributed by atoms with van der Waals surface area (Å²) < 4.78 is 12.3. The predicted molar refractivity (Wildman–Crippen MR) is 125 cm³/mol. The zero-order chi connectivity index (χ0) is 21.2. The van der Waals surface area contributed by atoms with E-state index in [-0.39, 0.29) is 6.29 Å². The highest BCUT2D eigenvalue weighted by atomic mass is 16.7. The van der Waals surface area contributed by atoms with Gasteiger partial charge in [0.2, 0.25) is 0 Å². The van der Waals surface area contributed by atoms with Gasteiger partial charge in [0.15, 0.2) is 6.29 Å². The normalized spacial score (nSPS) is 14.4. The molecule has 2 unspecified atom stereocenters. The summed E-state index contributed by atoms with van der Waals surface area (Å²) in [5.74, 6) is 1.42. The topological polar surface area (TPSA) is 18.5 Å². The first-order valence-electron chi connectivity index (χ1n) is 11.8. The van der Waals surface area contributed by atoms with Gasteiger partial charge in [-0.25, -0.2) is 0 Å². The molecule has 0 N–H and O–H groups in total. The molecule has 2 atom stereocenters. The van der Waals surface area contributed by atoms with Gasteiger partial charge in [-0.15, -0.1) is 0 Å². The first-order chi connectivity index (χ1) is 13.3. The highest BCUT2D eigenvalue weighted by Crippen LogP contribution is 2.16. The first-order valence-corrected chi connectivity index (χ1v) is 11.8. The van der Waals surface area contributed by atoms with E-state index in [1.807, 2.05) is 0 Å². The molecule has 0 aromatic rings. The van der Waals surface area contributed by atoms with Crippen LogP contribution >= 0.6 is 0 Å². The summed E-state index contributed by atoms with van der Waals surface area (Å²) in [5.41, 5.74) is 2.84. The molecule has 0 heterocycles. The predicted octanol–water partition coefficient (Wildman–Crippen LogP) is 8.47. The molecule has 28 heavy (non-hydrogen) atoms. The van der Waals surface area contributed by atoms with Crippen molar-refractivity contribution in [2.45, 2.75) is 119 Å². The fraction of sp³-hybridized carbons (Fsp3) is 0.846. The third-order valence-electron chi connectivity index (χ3n) is 5.30. The Labute approximate surface area is 177 Å². The Kier molecular flexibility index (Phi) is 18.0. The summed E-state index contributed by atoms with van der Waals surface area (Å²) in [6.07, 6.45) is 16.5. The average Bonchev–Trinajstić information content (AvgIpc) is 2.60. The van der Waals surface area contributed by atoms with Gasteiger partial charge in [-0.3, -0.25) is 0 Å². The molecule has 0 rings (SSSR count). The van der Waals surface area contributed by atoms with E-state index >= 15 is 0 Å². The number of hydrogen-bond acceptors (Lipinski definition) is 2. The van der Waals surface area contributed by atoms with Crippen molar-refractivity contribution in [3.63, 3.8) is 0 Å². The molecule has 0 spiro atoms. The van der Waals surface area contributed by atoms with Crippen LogP contribution in [0, 0.1) is 11.8 Å². The van der Waals surface area contributed by atoms with Gasteiger partial charge < -0.3 is 9.47 Å². The number of ether oxygens (including phenoxy) is 2. The van der Waals surface area contributed by atoms with Crippen LogP contribution in [0.5, 0.6) is 0 Å². The Morgan fingerprint density at radius 1 is 0.679 bits per heavy atom. The third kappa shape index (κ3) is 18.7. The van der Waals surface area contributed by atoms with Crippen molar-refractivity contribution >= 4 is 0 Å². The van der Waals surface area contributed by atoms with Crippen LogP contribution < -0.4 is 0 Å². The van der Waals surface area contributed by atoms with Crippen molar-refractivity contribution in [2.24, 2.45) is 11.8 Å². The zero-order valence-electron chi connectivity index (χ0n) is 20.2. The molecule has 2 heteroatoms. The lowest BCUT2D eigenvalue weighted by Gasteiger charge is -2.21. The highest BCUT2D eigenvalue weighted by molar-refractivity contribution is 4.93. The molecular weight excluding hydrogens is 344 g/mol. The first kappa shape index (κ1) is 27.4. The van der Waals surface area contributed by atoms with E-state index < -0.39 is 0 Å². The van der Waals surface area contributed by atoms with Gasteiger partial charge in [0.1, 0.15) is 0 Å². The Hall–Kier alpha value is -0.600. The monoisotopic (exact) mass is 394 g/mol. The highest BCUT2D eigenvalue weighted by Gasteiger charge is 2.11. The molecule has 2 nitrogen and oxygen atoms in total. The second-order valence-corrected chi connectivity index (χ2v) is 9.17. The Morgan fingerprint density at radius 2 is 1.14 bits per heavy atom. The van der Waals surface area contributed by atoms with E-state index in [0.29, 0.717) is 11.8 Å². The maximum Gasteiger partial charge on any atom is 0.157 e. The van der Waals surface area contributed by atoms with Crippen LogP contribution in [0.25, 0.3) is 0 Å². The van der Waals surface area contributed by atoms with Gasteiger partial charge >= 0.3 is 0 Å². The molecular formula is C26H50O2. The van der Waals surface area contributed by atoms with Crippen LogP contribution in [0.2, 0.25) is 0 Å². The molecule has 0 bridgehead atoms. The van der Waals surface area contributed by atoms with Gasteiger partial charge in [0.05, 0.1) is 0 Å².